The van der Waals surface area contributed by atoms with Crippen molar-refractivity contribution in [1.82, 2.24) is 9.88 Å². The number of aromatic nitrogens is 1. The summed E-state index contributed by atoms with van der Waals surface area (Å²) in [5, 5.41) is 1.17. The Kier molecular flexibility index (Phi) is 3.82. The van der Waals surface area contributed by atoms with Crippen LogP contribution in [0.5, 0.6) is 0 Å². The predicted molar refractivity (Wildman–Crippen MR) is 93.5 cm³/mol. The number of hydrogen-bond donors (Lipinski definition) is 1. The molecule has 0 amide bonds. The summed E-state index contributed by atoms with van der Waals surface area (Å²) in [4.78, 5) is 17.9. The summed E-state index contributed by atoms with van der Waals surface area (Å²) in [6.07, 6.45) is 2.65. The van der Waals surface area contributed by atoms with Gasteiger partial charge in [-0.2, -0.15) is 0 Å². The zero-order chi connectivity index (χ0) is 16.5. The molecule has 4 rings (SSSR count). The molecule has 2 heterocycles. The zero-order valence-electron chi connectivity index (χ0n) is 13.7. The highest BCUT2D eigenvalue weighted by molar-refractivity contribution is 5.84. The van der Waals surface area contributed by atoms with Gasteiger partial charge >= 0.3 is 5.97 Å². The maximum atomic E-state index is 12.4. The van der Waals surface area contributed by atoms with Gasteiger partial charge in [0.15, 0.2) is 0 Å². The molecule has 1 aromatic heterocycles. The molecule has 1 aliphatic heterocycles. The predicted octanol–water partition coefficient (Wildman–Crippen LogP) is 3.27. The molecule has 0 bridgehead atoms. The zero-order valence-corrected chi connectivity index (χ0v) is 13.7. The molecule has 4 nitrogen and oxygen atoms in total. The fourth-order valence-corrected chi connectivity index (χ4v) is 3.59. The lowest BCUT2D eigenvalue weighted by atomic mass is 10.0. The van der Waals surface area contributed by atoms with Gasteiger partial charge in [-0.15, -0.1) is 0 Å². The maximum absolute atomic E-state index is 12.4. The number of benzene rings is 2. The van der Waals surface area contributed by atoms with Crippen molar-refractivity contribution in [2.45, 2.75) is 25.6 Å². The molecule has 0 radical (unpaired) electrons. The lowest BCUT2D eigenvalue weighted by Crippen LogP contribution is -2.40. The quantitative estimate of drug-likeness (QED) is 0.751. The number of ether oxygens (including phenoxy) is 1. The number of aromatic amines is 1. The van der Waals surface area contributed by atoms with Crippen molar-refractivity contribution in [3.8, 4) is 0 Å². The van der Waals surface area contributed by atoms with Crippen molar-refractivity contribution in [3.63, 3.8) is 0 Å². The second-order valence-corrected chi connectivity index (χ2v) is 6.28. The van der Waals surface area contributed by atoms with Gasteiger partial charge in [-0.05, 0) is 22.8 Å². The van der Waals surface area contributed by atoms with Crippen LogP contribution in [0.4, 0.5) is 0 Å². The van der Waals surface area contributed by atoms with E-state index >= 15 is 0 Å². The van der Waals surface area contributed by atoms with Gasteiger partial charge in [-0.1, -0.05) is 42.5 Å². The summed E-state index contributed by atoms with van der Waals surface area (Å²) in [7, 11) is 1.47. The van der Waals surface area contributed by atoms with E-state index in [2.05, 4.69) is 46.3 Å². The standard InChI is InChI=1S/C20H20N2O2/c1-24-20(23)19(22-12-14-6-2-3-7-15(14)13-22)10-16-11-21-18-9-5-4-8-17(16)18/h2-9,11,19,21H,10,12-13H2,1H3. The van der Waals surface area contributed by atoms with E-state index in [-0.39, 0.29) is 12.0 Å². The molecule has 1 unspecified atom stereocenters. The van der Waals surface area contributed by atoms with E-state index < -0.39 is 0 Å². The third-order valence-electron chi connectivity index (χ3n) is 4.87. The Morgan fingerprint density at radius 1 is 1.12 bits per heavy atom. The van der Waals surface area contributed by atoms with Crippen LogP contribution in [-0.2, 0) is 29.0 Å². The van der Waals surface area contributed by atoms with Gasteiger partial charge in [-0.25, -0.2) is 0 Å². The van der Waals surface area contributed by atoms with E-state index in [1.54, 1.807) is 0 Å². The number of nitrogens with one attached hydrogen (secondary N) is 1. The Morgan fingerprint density at radius 3 is 2.50 bits per heavy atom. The Bertz CT molecular complexity index is 859. The van der Waals surface area contributed by atoms with E-state index in [1.165, 1.54) is 23.6 Å². The number of para-hydroxylation sites is 1. The van der Waals surface area contributed by atoms with E-state index in [9.17, 15) is 4.79 Å². The molecule has 0 aliphatic carbocycles. The van der Waals surface area contributed by atoms with Crippen LogP contribution in [0.3, 0.4) is 0 Å². The highest BCUT2D eigenvalue weighted by Gasteiger charge is 2.32. The van der Waals surface area contributed by atoms with E-state index in [0.29, 0.717) is 6.42 Å². The topological polar surface area (TPSA) is 45.3 Å². The molecule has 0 saturated heterocycles. The summed E-state index contributed by atoms with van der Waals surface area (Å²) in [5.74, 6) is -0.173. The second-order valence-electron chi connectivity index (χ2n) is 6.28. The molecule has 0 fully saturated rings. The molecule has 0 spiro atoms. The minimum atomic E-state index is -0.276. The third kappa shape index (κ3) is 2.59. The molecule has 1 atom stereocenters. The molecule has 3 aromatic rings. The summed E-state index contributed by atoms with van der Waals surface area (Å²) in [6.45, 7) is 1.58. The molecule has 0 saturated carbocycles. The molecule has 1 N–H and O–H groups in total. The van der Waals surface area contributed by atoms with Crippen molar-refractivity contribution in [2.75, 3.05) is 7.11 Å². The minimum absolute atomic E-state index is 0.173. The number of hydrogen-bond acceptors (Lipinski definition) is 3. The van der Waals surface area contributed by atoms with Gasteiger partial charge in [-0.3, -0.25) is 9.69 Å². The van der Waals surface area contributed by atoms with Gasteiger partial charge < -0.3 is 9.72 Å². The van der Waals surface area contributed by atoms with Gasteiger partial charge in [0.1, 0.15) is 6.04 Å². The Morgan fingerprint density at radius 2 is 1.79 bits per heavy atom. The lowest BCUT2D eigenvalue weighted by Gasteiger charge is -2.25. The van der Waals surface area contributed by atoms with Crippen LogP contribution < -0.4 is 0 Å². The summed E-state index contributed by atoms with van der Waals surface area (Å²) < 4.78 is 5.09. The van der Waals surface area contributed by atoms with Crippen molar-refractivity contribution < 1.29 is 9.53 Å². The molecule has 1 aliphatic rings. The highest BCUT2D eigenvalue weighted by atomic mass is 16.5. The molecule has 24 heavy (non-hydrogen) atoms. The van der Waals surface area contributed by atoms with Crippen LogP contribution in [0, 0.1) is 0 Å². The molecule has 2 aromatic carbocycles. The van der Waals surface area contributed by atoms with Crippen molar-refractivity contribution in [1.29, 1.82) is 0 Å². The van der Waals surface area contributed by atoms with E-state index in [4.69, 9.17) is 4.74 Å². The molecular formula is C20H20N2O2. The summed E-state index contributed by atoms with van der Waals surface area (Å²) >= 11 is 0. The number of esters is 1. The average molecular weight is 320 g/mol. The van der Waals surface area contributed by atoms with Gasteiger partial charge in [0.2, 0.25) is 0 Å². The number of carbonyl (C=O) groups excluding carboxylic acids is 1. The summed E-state index contributed by atoms with van der Waals surface area (Å²) in [6, 6.07) is 16.3. The SMILES string of the molecule is COC(=O)C(Cc1c[nH]c2ccccc12)N1Cc2ccccc2C1. The smallest absolute Gasteiger partial charge is 0.323 e. The minimum Gasteiger partial charge on any atom is -0.468 e. The van der Waals surface area contributed by atoms with Crippen LogP contribution in [-0.4, -0.2) is 29.0 Å². The maximum Gasteiger partial charge on any atom is 0.323 e. The molecular weight excluding hydrogens is 300 g/mol. The van der Waals surface area contributed by atoms with Crippen LogP contribution in [0.1, 0.15) is 16.7 Å². The van der Waals surface area contributed by atoms with Gasteiger partial charge in [0, 0.05) is 36.6 Å². The average Bonchev–Trinajstić information content (AvgIpc) is 3.23. The Hall–Kier alpha value is -2.59. The Labute approximate surface area is 141 Å². The van der Waals surface area contributed by atoms with Crippen LogP contribution in [0.15, 0.2) is 54.7 Å². The van der Waals surface area contributed by atoms with Crippen LogP contribution >= 0.6 is 0 Å². The van der Waals surface area contributed by atoms with Crippen LogP contribution in [0.25, 0.3) is 10.9 Å². The number of methoxy groups -OCH3 is 1. The normalized spacial score (nSPS) is 15.4. The van der Waals surface area contributed by atoms with E-state index in [0.717, 1.165) is 24.2 Å². The molecule has 4 heteroatoms. The number of fused-ring (bicyclic) bond motifs is 2. The number of rotatable bonds is 4. The fraction of sp³-hybridized carbons (Fsp3) is 0.250. The largest absolute Gasteiger partial charge is 0.468 e. The van der Waals surface area contributed by atoms with Crippen molar-refractivity contribution in [2.24, 2.45) is 0 Å². The van der Waals surface area contributed by atoms with Crippen molar-refractivity contribution in [3.05, 3.63) is 71.4 Å². The number of H-pyrrole nitrogens is 1. The monoisotopic (exact) mass is 320 g/mol. The van der Waals surface area contributed by atoms with Gasteiger partial charge in [0.25, 0.3) is 0 Å². The lowest BCUT2D eigenvalue weighted by molar-refractivity contribution is -0.147. The molecule has 122 valence electrons. The second kappa shape index (κ2) is 6.13. The van der Waals surface area contributed by atoms with Gasteiger partial charge in [0.05, 0.1) is 7.11 Å². The van der Waals surface area contributed by atoms with Crippen LogP contribution in [0.2, 0.25) is 0 Å². The third-order valence-corrected chi connectivity index (χ3v) is 4.87. The first kappa shape index (κ1) is 15.0. The van der Waals surface area contributed by atoms with E-state index in [1.807, 2.05) is 18.3 Å². The van der Waals surface area contributed by atoms with Crippen molar-refractivity contribution >= 4 is 16.9 Å². The Balaban J connectivity index is 1.63. The fourth-order valence-electron chi connectivity index (χ4n) is 3.59. The highest BCUT2D eigenvalue weighted by Crippen LogP contribution is 2.27. The number of nitrogens with zero attached hydrogens (tertiary/aromatic N) is 1. The first-order chi connectivity index (χ1) is 11.8. The summed E-state index contributed by atoms with van der Waals surface area (Å²) in [5.41, 5.74) is 4.84. The first-order valence-electron chi connectivity index (χ1n) is 8.20. The first-order valence-corrected chi connectivity index (χ1v) is 8.20. The number of carbonyl (C=O) groups is 1.